The van der Waals surface area contributed by atoms with Crippen molar-refractivity contribution in [1.82, 2.24) is 19.8 Å². The number of ether oxygens (including phenoxy) is 1. The van der Waals surface area contributed by atoms with Crippen molar-refractivity contribution in [1.29, 1.82) is 0 Å². The van der Waals surface area contributed by atoms with Crippen LogP contribution in [0.15, 0.2) is 42.0 Å². The first-order valence-electron chi connectivity index (χ1n) is 9.37. The topological polar surface area (TPSA) is 117 Å². The summed E-state index contributed by atoms with van der Waals surface area (Å²) < 4.78 is 8.78. The predicted molar refractivity (Wildman–Crippen MR) is 106 cm³/mol. The lowest BCUT2D eigenvalue weighted by molar-refractivity contribution is -0.662. The van der Waals surface area contributed by atoms with Gasteiger partial charge < -0.3 is 15.2 Å². The molecule has 1 fully saturated rings. The fourth-order valence-electron chi connectivity index (χ4n) is 3.52. The number of β-lactam (4-membered cyclic amide) rings is 1. The summed E-state index contributed by atoms with van der Waals surface area (Å²) in [4.78, 5) is 38.0. The Morgan fingerprint density at radius 1 is 1.43 bits per heavy atom. The van der Waals surface area contributed by atoms with Crippen LogP contribution >= 0.6 is 11.8 Å². The van der Waals surface area contributed by atoms with Crippen LogP contribution < -0.4 is 9.88 Å². The van der Waals surface area contributed by atoms with Gasteiger partial charge in [0.1, 0.15) is 35.5 Å². The molecule has 2 N–H and O–H groups in total. The maximum absolute atomic E-state index is 12.7. The number of alkyl carbamates (subject to hydrolysis) is 1. The molecule has 2 atom stereocenters. The molecule has 0 saturated carbocycles. The predicted octanol–water partition coefficient (Wildman–Crippen LogP) is 0.769. The number of carbonyl (C=O) groups is 3. The van der Waals surface area contributed by atoms with Gasteiger partial charge in [0.15, 0.2) is 6.20 Å². The third kappa shape index (κ3) is 3.60. The van der Waals surface area contributed by atoms with E-state index in [2.05, 4.69) is 10.4 Å². The van der Waals surface area contributed by atoms with Crippen molar-refractivity contribution in [2.24, 2.45) is 0 Å². The summed E-state index contributed by atoms with van der Waals surface area (Å²) in [7, 11) is 0. The Morgan fingerprint density at radius 3 is 2.90 bits per heavy atom. The molecule has 0 spiro atoms. The Bertz CT molecular complexity index is 1070. The van der Waals surface area contributed by atoms with E-state index in [4.69, 9.17) is 4.74 Å². The number of imidazole rings is 1. The fraction of sp³-hybridized carbons (Fsp3) is 0.421. The van der Waals surface area contributed by atoms with Gasteiger partial charge in [-0.15, -0.1) is 16.3 Å². The first-order valence-corrected chi connectivity index (χ1v) is 10.4. The molecule has 4 heterocycles. The SMILES string of the molecule is CC(C)(C)OC(=O)N[C@@H]1C(=O)N2C(C(=O)O)=C(C[n+]3ccn4ncccc43)CS[C@H]12. The van der Waals surface area contributed by atoms with Gasteiger partial charge in [0.25, 0.3) is 5.91 Å². The van der Waals surface area contributed by atoms with Crippen molar-refractivity contribution in [3.8, 4) is 0 Å². The van der Waals surface area contributed by atoms with Gasteiger partial charge in [0.2, 0.25) is 0 Å². The number of aliphatic carboxylic acids is 1. The highest BCUT2D eigenvalue weighted by molar-refractivity contribution is 8.00. The van der Waals surface area contributed by atoms with Crippen molar-refractivity contribution in [2.75, 3.05) is 5.75 Å². The Balaban J connectivity index is 1.56. The third-order valence-electron chi connectivity index (χ3n) is 4.72. The Labute approximate surface area is 176 Å². The monoisotopic (exact) mass is 432 g/mol. The van der Waals surface area contributed by atoms with E-state index < -0.39 is 35.0 Å². The van der Waals surface area contributed by atoms with E-state index in [-0.39, 0.29) is 5.70 Å². The molecule has 10 nitrogen and oxygen atoms in total. The van der Waals surface area contributed by atoms with Crippen molar-refractivity contribution >= 4 is 35.4 Å². The van der Waals surface area contributed by atoms with Crippen LogP contribution in [0.1, 0.15) is 20.8 Å². The van der Waals surface area contributed by atoms with E-state index in [1.807, 2.05) is 16.8 Å². The molecule has 30 heavy (non-hydrogen) atoms. The van der Waals surface area contributed by atoms with Crippen LogP contribution in [-0.2, 0) is 20.9 Å². The van der Waals surface area contributed by atoms with E-state index in [9.17, 15) is 19.5 Å². The molecule has 0 unspecified atom stereocenters. The summed E-state index contributed by atoms with van der Waals surface area (Å²) in [6, 6.07) is 2.87. The molecule has 2 aliphatic heterocycles. The zero-order chi connectivity index (χ0) is 21.6. The quantitative estimate of drug-likeness (QED) is 0.541. The number of amides is 2. The highest BCUT2D eigenvalue weighted by atomic mass is 32.2. The van der Waals surface area contributed by atoms with E-state index in [0.717, 1.165) is 5.65 Å². The fourth-order valence-corrected chi connectivity index (χ4v) is 4.85. The second kappa shape index (κ2) is 7.31. The number of aromatic nitrogens is 3. The van der Waals surface area contributed by atoms with Gasteiger partial charge in [-0.1, -0.05) is 5.10 Å². The molecule has 2 aliphatic rings. The van der Waals surface area contributed by atoms with Gasteiger partial charge in [-0.05, 0) is 26.8 Å². The Hall–Kier alpha value is -3.08. The lowest BCUT2D eigenvalue weighted by Gasteiger charge is -2.49. The molecule has 2 amide bonds. The van der Waals surface area contributed by atoms with Crippen molar-refractivity contribution in [3.05, 3.63) is 42.0 Å². The Kier molecular flexibility index (Phi) is 4.92. The number of hydrogen-bond acceptors (Lipinski definition) is 6. The summed E-state index contributed by atoms with van der Waals surface area (Å²) in [5, 5.41) is 16.1. The second-order valence-electron chi connectivity index (χ2n) is 8.04. The highest BCUT2D eigenvalue weighted by Crippen LogP contribution is 2.40. The van der Waals surface area contributed by atoms with Crippen molar-refractivity contribution in [2.45, 2.75) is 44.3 Å². The maximum atomic E-state index is 12.7. The largest absolute Gasteiger partial charge is 0.477 e. The molecule has 0 aromatic carbocycles. The average molecular weight is 432 g/mol. The van der Waals surface area contributed by atoms with Crippen LogP contribution in [0.25, 0.3) is 5.65 Å². The van der Waals surface area contributed by atoms with Gasteiger partial charge in [-0.25, -0.2) is 14.2 Å². The summed E-state index contributed by atoms with van der Waals surface area (Å²) in [6.45, 7) is 5.50. The number of nitrogens with one attached hydrogen (secondary N) is 1. The molecule has 4 rings (SSSR count). The summed E-state index contributed by atoms with van der Waals surface area (Å²) >= 11 is 1.42. The Morgan fingerprint density at radius 2 is 2.20 bits per heavy atom. The highest BCUT2D eigenvalue weighted by Gasteiger charge is 2.54. The van der Waals surface area contributed by atoms with Crippen molar-refractivity contribution < 1.29 is 28.8 Å². The van der Waals surface area contributed by atoms with E-state index in [1.54, 1.807) is 43.7 Å². The summed E-state index contributed by atoms with van der Waals surface area (Å²) in [5.74, 6) is -1.20. The van der Waals surface area contributed by atoms with Gasteiger partial charge >= 0.3 is 17.7 Å². The molecular formula is C19H22N5O5S+. The normalized spacial score (nSPS) is 21.3. The second-order valence-corrected chi connectivity index (χ2v) is 9.15. The smallest absolute Gasteiger partial charge is 0.408 e. The molecule has 2 aromatic heterocycles. The van der Waals surface area contributed by atoms with Crippen LogP contribution in [0.4, 0.5) is 4.79 Å². The molecule has 2 aromatic rings. The van der Waals surface area contributed by atoms with E-state index >= 15 is 0 Å². The number of rotatable bonds is 4. The van der Waals surface area contributed by atoms with E-state index in [1.165, 1.54) is 16.7 Å². The minimum Gasteiger partial charge on any atom is -0.477 e. The molecule has 158 valence electrons. The first-order chi connectivity index (χ1) is 14.2. The van der Waals surface area contributed by atoms with Gasteiger partial charge in [-0.3, -0.25) is 9.69 Å². The first kappa shape index (κ1) is 20.2. The number of nitrogens with zero attached hydrogens (tertiary/aromatic N) is 4. The van der Waals surface area contributed by atoms with Crippen molar-refractivity contribution in [3.63, 3.8) is 0 Å². The third-order valence-corrected chi connectivity index (χ3v) is 6.06. The van der Waals surface area contributed by atoms with Crippen LogP contribution in [0.2, 0.25) is 0 Å². The number of carbonyl (C=O) groups excluding carboxylic acids is 2. The molecule has 11 heteroatoms. The van der Waals surface area contributed by atoms with E-state index in [0.29, 0.717) is 17.9 Å². The minimum absolute atomic E-state index is 0.0262. The zero-order valence-electron chi connectivity index (χ0n) is 16.7. The molecule has 0 aliphatic carbocycles. The summed E-state index contributed by atoms with van der Waals surface area (Å²) in [5.41, 5.74) is 0.708. The zero-order valence-corrected chi connectivity index (χ0v) is 17.5. The lowest BCUT2D eigenvalue weighted by Crippen LogP contribution is -2.71. The number of thioether (sulfide) groups is 1. The number of hydrogen-bond donors (Lipinski definition) is 2. The molecule has 0 radical (unpaired) electrons. The standard InChI is InChI=1S/C19H21N5O5S/c1-19(2,3)29-18(28)21-13-15(25)24-14(17(26)27)11(10-30-16(13)24)9-22-7-8-23-12(22)5-4-6-20-23/h4-8,13,16H,9-10H2,1-3H3,(H-,21,26,27,28)/p+1/t13-,16-/m1/s1. The maximum Gasteiger partial charge on any atom is 0.408 e. The number of carboxylic acids is 1. The number of fused-ring (bicyclic) bond motifs is 2. The van der Waals surface area contributed by atoms with Crippen LogP contribution in [-0.4, -0.2) is 60.4 Å². The minimum atomic E-state index is -1.17. The molecular weight excluding hydrogens is 410 g/mol. The van der Waals surface area contributed by atoms with Gasteiger partial charge in [0, 0.05) is 17.4 Å². The van der Waals surface area contributed by atoms with Crippen LogP contribution in [0, 0.1) is 0 Å². The van der Waals surface area contributed by atoms with Gasteiger partial charge in [-0.2, -0.15) is 0 Å². The molecule has 1 saturated heterocycles. The average Bonchev–Trinajstić information content (AvgIpc) is 3.07. The molecule has 0 bridgehead atoms. The lowest BCUT2D eigenvalue weighted by atomic mass is 10.0. The summed E-state index contributed by atoms with van der Waals surface area (Å²) in [6.07, 6.45) is 4.56. The number of carboxylic acid groups (broad SMARTS) is 1. The van der Waals surface area contributed by atoms with Crippen LogP contribution in [0.5, 0.6) is 0 Å². The van der Waals surface area contributed by atoms with Gasteiger partial charge in [0.05, 0.1) is 6.20 Å². The van der Waals surface area contributed by atoms with Crippen LogP contribution in [0.3, 0.4) is 0 Å².